The number of benzene rings is 1. The van der Waals surface area contributed by atoms with Crippen LogP contribution >= 0.6 is 0 Å². The van der Waals surface area contributed by atoms with Crippen LogP contribution in [-0.2, 0) is 9.53 Å². The largest absolute Gasteiger partial charge is 0.473 e. The van der Waals surface area contributed by atoms with Crippen LogP contribution in [0.4, 0.5) is 5.69 Å². The summed E-state index contributed by atoms with van der Waals surface area (Å²) >= 11 is 0. The molecule has 0 aliphatic carbocycles. The van der Waals surface area contributed by atoms with Gasteiger partial charge >= 0.3 is 0 Å². The maximum absolute atomic E-state index is 11.7. The molecule has 1 atom stereocenters. The summed E-state index contributed by atoms with van der Waals surface area (Å²) < 4.78 is 11.9. The zero-order chi connectivity index (χ0) is 22.8. The number of ether oxygens (including phenoxy) is 2. The summed E-state index contributed by atoms with van der Waals surface area (Å²) in [5.41, 5.74) is 6.65. The third-order valence-corrected chi connectivity index (χ3v) is 5.65. The Labute approximate surface area is 188 Å². The monoisotopic (exact) mass is 435 g/mol. The van der Waals surface area contributed by atoms with Crippen LogP contribution in [0.2, 0.25) is 0 Å². The lowest BCUT2D eigenvalue weighted by atomic mass is 10.0. The van der Waals surface area contributed by atoms with Crippen LogP contribution in [0.25, 0.3) is 22.3 Å². The number of nitrogens with zero attached hydrogens (tertiary/aromatic N) is 5. The van der Waals surface area contributed by atoms with E-state index >= 15 is 0 Å². The molecule has 0 radical (unpaired) electrons. The van der Waals surface area contributed by atoms with E-state index in [0.29, 0.717) is 31.1 Å². The molecule has 0 saturated carbocycles. The quantitative estimate of drug-likeness (QED) is 0.609. The van der Waals surface area contributed by atoms with Gasteiger partial charge in [0, 0.05) is 51.2 Å². The molecule has 168 valence electrons. The molecule has 0 bridgehead atoms. The molecule has 32 heavy (non-hydrogen) atoms. The molecule has 8 heteroatoms. The molecule has 8 nitrogen and oxygen atoms in total. The number of aryl methyl sites for hydroxylation is 2. The highest BCUT2D eigenvalue weighted by atomic mass is 16.5. The highest BCUT2D eigenvalue weighted by molar-refractivity contribution is 5.84. The third kappa shape index (κ3) is 4.50. The summed E-state index contributed by atoms with van der Waals surface area (Å²) in [5, 5.41) is 0. The van der Waals surface area contributed by atoms with E-state index in [2.05, 4.69) is 40.8 Å². The van der Waals surface area contributed by atoms with Gasteiger partial charge in [0.15, 0.2) is 5.52 Å². The number of rotatable bonds is 5. The topological polar surface area (TPSA) is 80.7 Å². The van der Waals surface area contributed by atoms with E-state index in [0.717, 1.165) is 16.8 Å². The fourth-order valence-electron chi connectivity index (χ4n) is 4.28. The lowest BCUT2D eigenvalue weighted by molar-refractivity contribution is -0.137. The fraction of sp³-hybridized carbons (Fsp3) is 0.417. The summed E-state index contributed by atoms with van der Waals surface area (Å²) in [6.45, 7) is 7.67. The van der Waals surface area contributed by atoms with E-state index in [1.807, 2.05) is 20.2 Å². The highest BCUT2D eigenvalue weighted by Gasteiger charge is 2.23. The van der Waals surface area contributed by atoms with Gasteiger partial charge in [-0.1, -0.05) is 0 Å². The van der Waals surface area contributed by atoms with Crippen LogP contribution < -0.4 is 9.64 Å². The number of amides is 1. The number of fused-ring (bicyclic) bond motifs is 1. The SMILES string of the molecule is CC(=O)N1CCO[C@H](COc2nc(-c3cc(C)c(N(C)C)c(C)c3)cc3nccnc23)C1. The number of carbonyl (C=O) groups excluding carboxylic acids is 1. The first-order chi connectivity index (χ1) is 15.3. The van der Waals surface area contributed by atoms with Gasteiger partial charge in [0.1, 0.15) is 12.7 Å². The number of morpholine rings is 1. The minimum atomic E-state index is -0.214. The normalized spacial score (nSPS) is 16.3. The average Bonchev–Trinajstić information content (AvgIpc) is 2.76. The molecule has 0 spiro atoms. The number of hydrogen-bond acceptors (Lipinski definition) is 7. The van der Waals surface area contributed by atoms with Crippen LogP contribution in [0.1, 0.15) is 18.1 Å². The second kappa shape index (κ2) is 9.08. The van der Waals surface area contributed by atoms with Crippen LogP contribution in [0.3, 0.4) is 0 Å². The van der Waals surface area contributed by atoms with Crippen LogP contribution in [-0.4, -0.2) is 72.3 Å². The van der Waals surface area contributed by atoms with Crippen molar-refractivity contribution in [3.63, 3.8) is 0 Å². The summed E-state index contributed by atoms with van der Waals surface area (Å²) in [4.78, 5) is 29.3. The molecule has 1 saturated heterocycles. The number of pyridine rings is 1. The van der Waals surface area contributed by atoms with Gasteiger partial charge in [-0.25, -0.2) is 9.97 Å². The maximum atomic E-state index is 11.7. The summed E-state index contributed by atoms with van der Waals surface area (Å²) in [6, 6.07) is 6.20. The first kappa shape index (κ1) is 22.0. The van der Waals surface area contributed by atoms with E-state index < -0.39 is 0 Å². The van der Waals surface area contributed by atoms with Crippen molar-refractivity contribution in [2.45, 2.75) is 26.9 Å². The second-order valence-corrected chi connectivity index (χ2v) is 8.36. The summed E-state index contributed by atoms with van der Waals surface area (Å²) in [6.07, 6.45) is 3.08. The zero-order valence-corrected chi connectivity index (χ0v) is 19.3. The molecule has 1 aliphatic rings. The van der Waals surface area contributed by atoms with Gasteiger partial charge in [0.25, 0.3) is 0 Å². The lowest BCUT2D eigenvalue weighted by Crippen LogP contribution is -2.46. The number of hydrogen-bond donors (Lipinski definition) is 0. The van der Waals surface area contributed by atoms with E-state index in [1.165, 1.54) is 16.8 Å². The fourth-order valence-corrected chi connectivity index (χ4v) is 4.28. The Bertz CT molecular complexity index is 1120. The molecule has 1 aromatic carbocycles. The first-order valence-electron chi connectivity index (χ1n) is 10.7. The molecule has 3 heterocycles. The molecule has 0 N–H and O–H groups in total. The van der Waals surface area contributed by atoms with Crippen molar-refractivity contribution >= 4 is 22.6 Å². The Kier molecular flexibility index (Phi) is 6.23. The van der Waals surface area contributed by atoms with E-state index in [9.17, 15) is 4.79 Å². The van der Waals surface area contributed by atoms with Crippen molar-refractivity contribution in [2.24, 2.45) is 0 Å². The molecule has 3 aromatic rings. The van der Waals surface area contributed by atoms with Crippen molar-refractivity contribution < 1.29 is 14.3 Å². The van der Waals surface area contributed by atoms with Crippen LogP contribution in [0, 0.1) is 13.8 Å². The third-order valence-electron chi connectivity index (χ3n) is 5.65. The number of anilines is 1. The summed E-state index contributed by atoms with van der Waals surface area (Å²) in [7, 11) is 4.09. The van der Waals surface area contributed by atoms with Crippen LogP contribution in [0.15, 0.2) is 30.6 Å². The predicted molar refractivity (Wildman–Crippen MR) is 124 cm³/mol. The van der Waals surface area contributed by atoms with Gasteiger partial charge in [-0.15, -0.1) is 0 Å². The molecule has 2 aromatic heterocycles. The van der Waals surface area contributed by atoms with Crippen molar-refractivity contribution in [3.05, 3.63) is 41.7 Å². The lowest BCUT2D eigenvalue weighted by Gasteiger charge is -2.32. The minimum absolute atomic E-state index is 0.0432. The minimum Gasteiger partial charge on any atom is -0.473 e. The maximum Gasteiger partial charge on any atom is 0.242 e. The average molecular weight is 436 g/mol. The van der Waals surface area contributed by atoms with Gasteiger partial charge in [0.2, 0.25) is 11.8 Å². The van der Waals surface area contributed by atoms with E-state index in [4.69, 9.17) is 14.5 Å². The van der Waals surface area contributed by atoms with Gasteiger partial charge in [-0.3, -0.25) is 9.78 Å². The molecular formula is C24H29N5O3. The van der Waals surface area contributed by atoms with E-state index in [1.54, 1.807) is 24.2 Å². The van der Waals surface area contributed by atoms with Gasteiger partial charge in [-0.2, -0.15) is 0 Å². The molecule has 0 unspecified atom stereocenters. The number of carbonyl (C=O) groups is 1. The number of aromatic nitrogens is 3. The Morgan fingerprint density at radius 2 is 1.91 bits per heavy atom. The predicted octanol–water partition coefficient (Wildman–Crippen LogP) is 3.00. The van der Waals surface area contributed by atoms with Crippen molar-refractivity contribution in [2.75, 3.05) is 45.3 Å². The Morgan fingerprint density at radius 3 is 2.59 bits per heavy atom. The Hall–Kier alpha value is -3.26. The molecule has 1 amide bonds. The highest BCUT2D eigenvalue weighted by Crippen LogP contribution is 2.32. The zero-order valence-electron chi connectivity index (χ0n) is 19.3. The standard InChI is InChI=1S/C24H29N5O3/c1-15-10-18(11-16(2)23(15)28(4)5)20-12-21-22(26-7-6-25-21)24(27-20)32-14-19-13-29(17(3)30)8-9-31-19/h6-7,10-12,19H,8-9,13-14H2,1-5H3/t19-/m0/s1. The van der Waals surface area contributed by atoms with Gasteiger partial charge in [-0.05, 0) is 43.2 Å². The van der Waals surface area contributed by atoms with Gasteiger partial charge in [0.05, 0.1) is 24.4 Å². The van der Waals surface area contributed by atoms with Crippen molar-refractivity contribution in [3.8, 4) is 17.1 Å². The van der Waals surface area contributed by atoms with Crippen molar-refractivity contribution in [1.29, 1.82) is 0 Å². The van der Waals surface area contributed by atoms with Crippen LogP contribution in [0.5, 0.6) is 5.88 Å². The molecular weight excluding hydrogens is 406 g/mol. The van der Waals surface area contributed by atoms with Crippen molar-refractivity contribution in [1.82, 2.24) is 19.9 Å². The Balaban J connectivity index is 1.66. The van der Waals surface area contributed by atoms with E-state index in [-0.39, 0.29) is 18.6 Å². The molecule has 1 aliphatic heterocycles. The molecule has 1 fully saturated rings. The first-order valence-corrected chi connectivity index (χ1v) is 10.7. The second-order valence-electron chi connectivity index (χ2n) is 8.36. The smallest absolute Gasteiger partial charge is 0.242 e. The van der Waals surface area contributed by atoms with Gasteiger partial charge < -0.3 is 19.3 Å². The molecule has 4 rings (SSSR count). The summed E-state index contributed by atoms with van der Waals surface area (Å²) in [5.74, 6) is 0.461. The Morgan fingerprint density at radius 1 is 1.19 bits per heavy atom.